The largest absolute Gasteiger partial charge is 0.495 e. The van der Waals surface area contributed by atoms with E-state index in [2.05, 4.69) is 10.3 Å². The number of hydrogen-bond acceptors (Lipinski definition) is 4. The first kappa shape index (κ1) is 19.4. The molecule has 3 rings (SSSR count). The Bertz CT molecular complexity index is 961. The first-order valence-electron chi connectivity index (χ1n) is 8.68. The van der Waals surface area contributed by atoms with E-state index < -0.39 is 0 Å². The molecular weight excluding hydrogens is 370 g/mol. The normalized spacial score (nSPS) is 10.5. The molecule has 1 N–H and O–H groups in total. The van der Waals surface area contributed by atoms with E-state index in [4.69, 9.17) is 21.7 Å². The van der Waals surface area contributed by atoms with Crippen molar-refractivity contribution in [1.29, 1.82) is 0 Å². The van der Waals surface area contributed by atoms with Crippen molar-refractivity contribution in [3.05, 3.63) is 78.9 Å². The molecule has 0 heterocycles. The number of thiocarbonyl (C=S) groups is 1. The number of para-hydroxylation sites is 5. The van der Waals surface area contributed by atoms with Gasteiger partial charge in [-0.3, -0.25) is 4.90 Å². The van der Waals surface area contributed by atoms with E-state index in [1.807, 2.05) is 78.9 Å². The third-order valence-corrected chi connectivity index (χ3v) is 4.28. The van der Waals surface area contributed by atoms with Gasteiger partial charge in [0.1, 0.15) is 23.5 Å². The maximum atomic E-state index is 5.66. The molecular formula is C22H21N3O2S. The van der Waals surface area contributed by atoms with Gasteiger partial charge < -0.3 is 14.8 Å². The molecule has 0 aromatic heterocycles. The lowest BCUT2D eigenvalue weighted by Crippen LogP contribution is -2.33. The highest BCUT2D eigenvalue weighted by molar-refractivity contribution is 7.80. The maximum Gasteiger partial charge on any atom is 0.183 e. The summed E-state index contributed by atoms with van der Waals surface area (Å²) < 4.78 is 10.9. The van der Waals surface area contributed by atoms with Gasteiger partial charge >= 0.3 is 0 Å². The molecule has 0 saturated carbocycles. The molecule has 0 fully saturated rings. The SMILES string of the molecule is COc1ccccc1N=CN(C(=S)Nc1ccccc1)c1ccccc1OC. The third-order valence-electron chi connectivity index (χ3n) is 3.99. The number of methoxy groups -OCH3 is 2. The van der Waals surface area contributed by atoms with Crippen LogP contribution in [0.2, 0.25) is 0 Å². The van der Waals surface area contributed by atoms with Crippen LogP contribution in [0.15, 0.2) is 83.9 Å². The lowest BCUT2D eigenvalue weighted by molar-refractivity contribution is 0.416. The molecule has 0 bridgehead atoms. The molecule has 0 unspecified atom stereocenters. The van der Waals surface area contributed by atoms with Crippen molar-refractivity contribution in [2.24, 2.45) is 4.99 Å². The van der Waals surface area contributed by atoms with Crippen LogP contribution in [0.1, 0.15) is 0 Å². The maximum absolute atomic E-state index is 5.66. The topological polar surface area (TPSA) is 46.1 Å². The number of nitrogens with one attached hydrogen (secondary N) is 1. The van der Waals surface area contributed by atoms with Crippen molar-refractivity contribution in [3.63, 3.8) is 0 Å². The van der Waals surface area contributed by atoms with Crippen molar-refractivity contribution in [2.45, 2.75) is 0 Å². The summed E-state index contributed by atoms with van der Waals surface area (Å²) in [4.78, 5) is 6.36. The summed E-state index contributed by atoms with van der Waals surface area (Å²) in [6, 6.07) is 24.9. The van der Waals surface area contributed by atoms with Crippen molar-refractivity contribution in [3.8, 4) is 11.5 Å². The van der Waals surface area contributed by atoms with Gasteiger partial charge in [0.15, 0.2) is 5.11 Å². The molecule has 0 aliphatic heterocycles. The molecule has 3 aromatic rings. The van der Waals surface area contributed by atoms with E-state index >= 15 is 0 Å². The molecule has 6 heteroatoms. The Balaban J connectivity index is 1.96. The van der Waals surface area contributed by atoms with Crippen LogP contribution in [0.3, 0.4) is 0 Å². The number of anilines is 2. The van der Waals surface area contributed by atoms with Gasteiger partial charge in [0.2, 0.25) is 0 Å². The summed E-state index contributed by atoms with van der Waals surface area (Å²) in [7, 11) is 3.25. The fraction of sp³-hybridized carbons (Fsp3) is 0.0909. The molecule has 0 spiro atoms. The Labute approximate surface area is 170 Å². The number of aliphatic imine (C=N–C) groups is 1. The van der Waals surface area contributed by atoms with Crippen LogP contribution in [-0.2, 0) is 0 Å². The van der Waals surface area contributed by atoms with Gasteiger partial charge in [0.25, 0.3) is 0 Å². The fourth-order valence-corrected chi connectivity index (χ4v) is 2.88. The predicted octanol–water partition coefficient (Wildman–Crippen LogP) is 5.27. The number of nitrogens with zero attached hydrogens (tertiary/aromatic N) is 2. The first-order chi connectivity index (χ1) is 13.7. The van der Waals surface area contributed by atoms with E-state index in [1.165, 1.54) is 0 Å². The third kappa shape index (κ3) is 4.66. The molecule has 0 aliphatic rings. The molecule has 0 saturated heterocycles. The van der Waals surface area contributed by atoms with Crippen LogP contribution in [0.4, 0.5) is 17.1 Å². The second-order valence-corrected chi connectivity index (χ2v) is 6.14. The molecule has 0 amide bonds. The molecule has 0 radical (unpaired) electrons. The van der Waals surface area contributed by atoms with Crippen LogP contribution in [0.5, 0.6) is 11.5 Å². The van der Waals surface area contributed by atoms with Crippen molar-refractivity contribution < 1.29 is 9.47 Å². The van der Waals surface area contributed by atoms with Gasteiger partial charge in [-0.25, -0.2) is 4.99 Å². The highest BCUT2D eigenvalue weighted by Gasteiger charge is 2.15. The quantitative estimate of drug-likeness (QED) is 0.352. The van der Waals surface area contributed by atoms with Crippen LogP contribution >= 0.6 is 12.2 Å². The number of benzene rings is 3. The molecule has 28 heavy (non-hydrogen) atoms. The summed E-state index contributed by atoms with van der Waals surface area (Å²) in [6.07, 6.45) is 1.66. The zero-order chi connectivity index (χ0) is 19.8. The van der Waals surface area contributed by atoms with Crippen molar-refractivity contribution in [2.75, 3.05) is 24.4 Å². The zero-order valence-corrected chi connectivity index (χ0v) is 16.5. The molecule has 142 valence electrons. The molecule has 5 nitrogen and oxygen atoms in total. The standard InChI is InChI=1S/C22H21N3O2S/c1-26-20-14-8-6-12-18(20)23-16-25(19-13-7-9-15-21(19)27-2)22(28)24-17-10-4-3-5-11-17/h3-16H,1-2H3,(H,24,28). The van der Waals surface area contributed by atoms with Gasteiger partial charge in [-0.05, 0) is 48.6 Å². The highest BCUT2D eigenvalue weighted by Crippen LogP contribution is 2.29. The van der Waals surface area contributed by atoms with Crippen molar-refractivity contribution >= 4 is 40.7 Å². The zero-order valence-electron chi connectivity index (χ0n) is 15.7. The Morgan fingerprint density at radius 1 is 0.857 bits per heavy atom. The van der Waals surface area contributed by atoms with E-state index in [1.54, 1.807) is 25.5 Å². The van der Waals surface area contributed by atoms with E-state index in [-0.39, 0.29) is 0 Å². The lowest BCUT2D eigenvalue weighted by atomic mass is 10.2. The van der Waals surface area contributed by atoms with Crippen molar-refractivity contribution in [1.82, 2.24) is 0 Å². The van der Waals surface area contributed by atoms with E-state index in [0.29, 0.717) is 22.3 Å². The van der Waals surface area contributed by atoms with Crippen LogP contribution in [0.25, 0.3) is 0 Å². The van der Waals surface area contributed by atoms with Gasteiger partial charge in [-0.1, -0.05) is 42.5 Å². The Morgan fingerprint density at radius 3 is 2.18 bits per heavy atom. The summed E-state index contributed by atoms with van der Waals surface area (Å²) >= 11 is 5.66. The van der Waals surface area contributed by atoms with E-state index in [9.17, 15) is 0 Å². The monoisotopic (exact) mass is 391 g/mol. The Hall–Kier alpha value is -3.38. The molecule has 0 aliphatic carbocycles. The van der Waals surface area contributed by atoms with Gasteiger partial charge in [0, 0.05) is 5.69 Å². The highest BCUT2D eigenvalue weighted by atomic mass is 32.1. The summed E-state index contributed by atoms with van der Waals surface area (Å²) in [6.45, 7) is 0. The van der Waals surface area contributed by atoms with Crippen LogP contribution in [0, 0.1) is 0 Å². The Kier molecular flexibility index (Phi) is 6.59. The van der Waals surface area contributed by atoms with Crippen LogP contribution in [-0.4, -0.2) is 25.7 Å². The average Bonchev–Trinajstić information content (AvgIpc) is 2.75. The average molecular weight is 391 g/mol. The minimum absolute atomic E-state index is 0.467. The fourth-order valence-electron chi connectivity index (χ4n) is 2.61. The lowest BCUT2D eigenvalue weighted by Gasteiger charge is -2.23. The molecule has 0 atom stereocenters. The second-order valence-electron chi connectivity index (χ2n) is 5.75. The first-order valence-corrected chi connectivity index (χ1v) is 9.09. The number of rotatable bonds is 6. The number of ether oxygens (including phenoxy) is 2. The molecule has 3 aromatic carbocycles. The number of hydrogen-bond donors (Lipinski definition) is 1. The van der Waals surface area contributed by atoms with Gasteiger partial charge in [-0.15, -0.1) is 0 Å². The summed E-state index contributed by atoms with van der Waals surface area (Å²) in [5, 5.41) is 3.70. The summed E-state index contributed by atoms with van der Waals surface area (Å²) in [5.41, 5.74) is 2.36. The van der Waals surface area contributed by atoms with Crippen LogP contribution < -0.4 is 19.7 Å². The smallest absolute Gasteiger partial charge is 0.183 e. The summed E-state index contributed by atoms with van der Waals surface area (Å²) in [5.74, 6) is 1.37. The van der Waals surface area contributed by atoms with Gasteiger partial charge in [0.05, 0.1) is 19.9 Å². The predicted molar refractivity (Wildman–Crippen MR) is 119 cm³/mol. The van der Waals surface area contributed by atoms with Gasteiger partial charge in [-0.2, -0.15) is 0 Å². The van der Waals surface area contributed by atoms with E-state index in [0.717, 1.165) is 11.4 Å². The Morgan fingerprint density at radius 2 is 1.46 bits per heavy atom. The minimum atomic E-state index is 0.467. The minimum Gasteiger partial charge on any atom is -0.495 e. The second kappa shape index (κ2) is 9.53.